The van der Waals surface area contributed by atoms with Gasteiger partial charge < -0.3 is 36.4 Å². The molecule has 1 heterocycles. The van der Waals surface area contributed by atoms with Gasteiger partial charge in [-0.25, -0.2) is 4.79 Å². The van der Waals surface area contributed by atoms with Crippen molar-refractivity contribution in [3.05, 3.63) is 0 Å². The highest BCUT2D eigenvalue weighted by Gasteiger charge is 2.55. The number of aliphatic hydroxyl groups is 4. The van der Waals surface area contributed by atoms with E-state index < -0.39 is 36.4 Å². The molecule has 15 heavy (non-hydrogen) atoms. The number of aliphatic carboxylic acids is 1. The number of hydrogen-bond donors (Lipinski definition) is 6. The number of carboxylic acid groups (broad SMARTS) is 1. The van der Waals surface area contributed by atoms with Crippen LogP contribution in [-0.2, 0) is 9.53 Å². The number of hydrogen-bond acceptors (Lipinski definition) is 7. The van der Waals surface area contributed by atoms with Gasteiger partial charge in [0, 0.05) is 0 Å². The summed E-state index contributed by atoms with van der Waals surface area (Å²) in [5, 5.41) is 43.9. The SMILES string of the molecule is N.O=C(O)[C@H]1O[C@@](O)(F)[C@H](O)[C@@H](O)[C@@H]1O. The van der Waals surface area contributed by atoms with Gasteiger partial charge in [-0.2, -0.15) is 4.39 Å². The van der Waals surface area contributed by atoms with Crippen LogP contribution in [0.2, 0.25) is 0 Å². The molecule has 8 N–H and O–H groups in total. The maximum absolute atomic E-state index is 12.8. The molecule has 0 radical (unpaired) electrons. The van der Waals surface area contributed by atoms with Crippen molar-refractivity contribution in [2.45, 2.75) is 30.5 Å². The largest absolute Gasteiger partial charge is 0.479 e. The Morgan fingerprint density at radius 1 is 1.27 bits per heavy atom. The molecule has 0 saturated carbocycles. The van der Waals surface area contributed by atoms with E-state index in [9.17, 15) is 9.18 Å². The fourth-order valence-electron chi connectivity index (χ4n) is 1.09. The second kappa shape index (κ2) is 4.35. The Hall–Kier alpha value is -0.840. The highest BCUT2D eigenvalue weighted by atomic mass is 19.2. The molecule has 1 aliphatic heterocycles. The first-order chi connectivity index (χ1) is 6.27. The van der Waals surface area contributed by atoms with E-state index in [4.69, 9.17) is 25.5 Å². The average Bonchev–Trinajstić information content (AvgIpc) is 2.08. The highest BCUT2D eigenvalue weighted by Crippen LogP contribution is 2.29. The molecule has 0 spiro atoms. The van der Waals surface area contributed by atoms with Gasteiger partial charge in [0.05, 0.1) is 0 Å². The Bertz CT molecular complexity index is 248. The lowest BCUT2D eigenvalue weighted by Gasteiger charge is -2.39. The minimum Gasteiger partial charge on any atom is -0.479 e. The number of halogens is 1. The summed E-state index contributed by atoms with van der Waals surface area (Å²) >= 11 is 0. The molecular formula is C6H12FNO7. The topological polar surface area (TPSA) is 162 Å². The van der Waals surface area contributed by atoms with Crippen LogP contribution in [0.1, 0.15) is 0 Å². The summed E-state index contributed by atoms with van der Waals surface area (Å²) in [7, 11) is 0. The van der Waals surface area contributed by atoms with Gasteiger partial charge in [0.15, 0.2) is 12.2 Å². The number of carbonyl (C=O) groups is 1. The molecule has 1 aliphatic rings. The molecule has 0 bridgehead atoms. The van der Waals surface area contributed by atoms with E-state index in [2.05, 4.69) is 4.74 Å². The number of rotatable bonds is 1. The third kappa shape index (κ3) is 2.40. The average molecular weight is 229 g/mol. The Morgan fingerprint density at radius 2 is 1.73 bits per heavy atom. The highest BCUT2D eigenvalue weighted by molar-refractivity contribution is 5.73. The zero-order valence-electron chi connectivity index (χ0n) is 7.45. The number of alkyl halides is 1. The molecule has 0 unspecified atom stereocenters. The molecule has 1 fully saturated rings. The number of ether oxygens (including phenoxy) is 1. The number of carboxylic acids is 1. The van der Waals surface area contributed by atoms with Gasteiger partial charge in [0.1, 0.15) is 12.2 Å². The second-order valence-corrected chi connectivity index (χ2v) is 2.91. The Morgan fingerprint density at radius 3 is 2.13 bits per heavy atom. The predicted octanol–water partition coefficient (Wildman–Crippen LogP) is -2.67. The van der Waals surface area contributed by atoms with Gasteiger partial charge in [-0.3, -0.25) is 0 Å². The predicted molar refractivity (Wildman–Crippen MR) is 41.6 cm³/mol. The first kappa shape index (κ1) is 14.2. The van der Waals surface area contributed by atoms with Crippen molar-refractivity contribution < 1.29 is 39.5 Å². The van der Waals surface area contributed by atoms with E-state index in [0.717, 1.165) is 0 Å². The van der Waals surface area contributed by atoms with Gasteiger partial charge in [-0.1, -0.05) is 0 Å². The molecule has 0 aromatic rings. The third-order valence-electron chi connectivity index (χ3n) is 1.88. The first-order valence-electron chi connectivity index (χ1n) is 3.63. The molecule has 0 amide bonds. The van der Waals surface area contributed by atoms with Gasteiger partial charge >= 0.3 is 12.0 Å². The zero-order chi connectivity index (χ0) is 11.1. The minimum atomic E-state index is -3.69. The van der Waals surface area contributed by atoms with Gasteiger partial charge in [-0.05, 0) is 0 Å². The first-order valence-corrected chi connectivity index (χ1v) is 3.63. The van der Waals surface area contributed by atoms with Gasteiger partial charge in [0.2, 0.25) is 0 Å². The molecule has 0 aromatic carbocycles. The van der Waals surface area contributed by atoms with Crippen molar-refractivity contribution >= 4 is 5.97 Å². The lowest BCUT2D eigenvalue weighted by molar-refractivity contribution is -0.396. The monoisotopic (exact) mass is 229 g/mol. The summed E-state index contributed by atoms with van der Waals surface area (Å²) in [6.45, 7) is 0. The van der Waals surface area contributed by atoms with Gasteiger partial charge in [-0.15, -0.1) is 0 Å². The lowest BCUT2D eigenvalue weighted by Crippen LogP contribution is -2.64. The summed E-state index contributed by atoms with van der Waals surface area (Å²) in [6, 6.07) is -3.69. The van der Waals surface area contributed by atoms with Crippen molar-refractivity contribution in [2.24, 2.45) is 0 Å². The van der Waals surface area contributed by atoms with E-state index in [-0.39, 0.29) is 6.15 Å². The van der Waals surface area contributed by atoms with Crippen molar-refractivity contribution in [2.75, 3.05) is 0 Å². The molecule has 8 nitrogen and oxygen atoms in total. The lowest BCUT2D eigenvalue weighted by atomic mass is 9.98. The Kier molecular flexibility index (Phi) is 4.10. The molecule has 1 rings (SSSR count). The molecule has 9 heteroatoms. The summed E-state index contributed by atoms with van der Waals surface area (Å²) in [6.07, 6.45) is -8.71. The normalized spacial score (nSPS) is 45.7. The molecule has 0 aliphatic carbocycles. The van der Waals surface area contributed by atoms with E-state index in [1.807, 2.05) is 0 Å². The Balaban J connectivity index is 0.00000196. The van der Waals surface area contributed by atoms with Crippen molar-refractivity contribution in [3.8, 4) is 0 Å². The maximum atomic E-state index is 12.8. The maximum Gasteiger partial charge on any atom is 0.348 e. The van der Waals surface area contributed by atoms with E-state index in [1.165, 1.54) is 0 Å². The van der Waals surface area contributed by atoms with Crippen molar-refractivity contribution in [1.29, 1.82) is 0 Å². The van der Waals surface area contributed by atoms with E-state index in [1.54, 1.807) is 0 Å². The van der Waals surface area contributed by atoms with Crippen molar-refractivity contribution in [3.63, 3.8) is 0 Å². The van der Waals surface area contributed by atoms with Gasteiger partial charge in [0.25, 0.3) is 0 Å². The molecule has 1 saturated heterocycles. The molecule has 0 aromatic heterocycles. The van der Waals surface area contributed by atoms with Crippen LogP contribution >= 0.6 is 0 Å². The fraction of sp³-hybridized carbons (Fsp3) is 0.833. The zero-order valence-corrected chi connectivity index (χ0v) is 7.45. The molecule has 5 atom stereocenters. The number of aliphatic hydroxyl groups excluding tert-OH is 3. The summed E-state index contributed by atoms with van der Waals surface area (Å²) in [4.78, 5) is 10.3. The van der Waals surface area contributed by atoms with Crippen LogP contribution < -0.4 is 6.15 Å². The summed E-state index contributed by atoms with van der Waals surface area (Å²) < 4.78 is 16.7. The third-order valence-corrected chi connectivity index (χ3v) is 1.88. The summed E-state index contributed by atoms with van der Waals surface area (Å²) in [5.41, 5.74) is 0. The van der Waals surface area contributed by atoms with Crippen LogP contribution in [0.15, 0.2) is 0 Å². The van der Waals surface area contributed by atoms with Crippen molar-refractivity contribution in [1.82, 2.24) is 6.15 Å². The minimum absolute atomic E-state index is 0. The van der Waals surface area contributed by atoms with Crippen LogP contribution in [0.4, 0.5) is 4.39 Å². The van der Waals surface area contributed by atoms with E-state index >= 15 is 0 Å². The fourth-order valence-corrected chi connectivity index (χ4v) is 1.09. The van der Waals surface area contributed by atoms with Crippen LogP contribution in [-0.4, -0.2) is 62.0 Å². The molecular weight excluding hydrogens is 217 g/mol. The second-order valence-electron chi connectivity index (χ2n) is 2.91. The Labute approximate surface area is 83.1 Å². The summed E-state index contributed by atoms with van der Waals surface area (Å²) in [5.74, 6) is -1.76. The van der Waals surface area contributed by atoms with E-state index in [0.29, 0.717) is 0 Å². The van der Waals surface area contributed by atoms with Crippen LogP contribution in [0.5, 0.6) is 0 Å². The van der Waals surface area contributed by atoms with Crippen LogP contribution in [0.25, 0.3) is 0 Å². The smallest absolute Gasteiger partial charge is 0.348 e. The standard InChI is InChI=1S/C6H9FO7.H3N/c7-6(13)4(10)2(9)1(8)3(14-6)5(11)12;/h1-4,8-10,13H,(H,11,12);1H3/t1-,2-,3-,4+,6+;/m0./s1. The van der Waals surface area contributed by atoms with Crippen LogP contribution in [0, 0.1) is 0 Å². The molecule has 90 valence electrons. The quantitative estimate of drug-likeness (QED) is 0.283. The van der Waals surface area contributed by atoms with Crippen LogP contribution in [0.3, 0.4) is 0 Å².